The number of nitrogens with zero attached hydrogens (tertiary/aromatic N) is 1. The Balaban J connectivity index is 0.00000300. The van der Waals surface area contributed by atoms with Gasteiger partial charge in [-0.05, 0) is 49.1 Å². The van der Waals surface area contributed by atoms with E-state index in [1.807, 2.05) is 24.3 Å². The number of nitrogens with one attached hydrogen (secondary N) is 2. The number of rotatable bonds is 5. The number of likely N-dealkylation sites (tertiary alicyclic amines) is 1. The molecule has 4 N–H and O–H groups in total. The first-order valence-corrected chi connectivity index (χ1v) is 9.45. The zero-order valence-corrected chi connectivity index (χ0v) is 16.9. The van der Waals surface area contributed by atoms with E-state index in [4.69, 9.17) is 5.73 Å². The molecule has 1 heterocycles. The molecule has 2 aromatic rings. The van der Waals surface area contributed by atoms with E-state index in [9.17, 15) is 14.0 Å². The van der Waals surface area contributed by atoms with Crippen molar-refractivity contribution in [3.05, 3.63) is 59.9 Å². The minimum absolute atomic E-state index is 0. The van der Waals surface area contributed by atoms with Crippen molar-refractivity contribution >= 4 is 35.7 Å². The van der Waals surface area contributed by atoms with Crippen molar-refractivity contribution in [3.8, 4) is 0 Å². The lowest BCUT2D eigenvalue weighted by Crippen LogP contribution is -2.47. The summed E-state index contributed by atoms with van der Waals surface area (Å²) in [4.78, 5) is 26.5. The van der Waals surface area contributed by atoms with Crippen LogP contribution in [0.3, 0.4) is 0 Å². The summed E-state index contributed by atoms with van der Waals surface area (Å²) >= 11 is 0. The predicted molar refractivity (Wildman–Crippen MR) is 115 cm³/mol. The fourth-order valence-electron chi connectivity index (χ4n) is 3.29. The lowest BCUT2D eigenvalue weighted by molar-refractivity contribution is -0.126. The molecule has 0 spiro atoms. The Labute approximate surface area is 176 Å². The molecule has 8 heteroatoms. The predicted octanol–water partition coefficient (Wildman–Crippen LogP) is 3.43. The summed E-state index contributed by atoms with van der Waals surface area (Å²) in [5, 5.41) is 5.52. The van der Waals surface area contributed by atoms with Gasteiger partial charge in [-0.2, -0.15) is 0 Å². The van der Waals surface area contributed by atoms with Crippen molar-refractivity contribution in [3.63, 3.8) is 0 Å². The highest BCUT2D eigenvalue weighted by atomic mass is 35.5. The van der Waals surface area contributed by atoms with Crippen LogP contribution >= 0.6 is 12.4 Å². The molecule has 3 rings (SSSR count). The third kappa shape index (κ3) is 6.35. The van der Waals surface area contributed by atoms with E-state index in [0.29, 0.717) is 25.3 Å². The van der Waals surface area contributed by atoms with Gasteiger partial charge in [-0.1, -0.05) is 24.3 Å². The number of benzene rings is 2. The van der Waals surface area contributed by atoms with Crippen LogP contribution in [0.25, 0.3) is 0 Å². The van der Waals surface area contributed by atoms with Gasteiger partial charge in [0.1, 0.15) is 5.82 Å². The van der Waals surface area contributed by atoms with Gasteiger partial charge in [0, 0.05) is 25.3 Å². The first kappa shape index (κ1) is 22.5. The molecule has 1 atom stereocenters. The lowest BCUT2D eigenvalue weighted by Gasteiger charge is -2.32. The van der Waals surface area contributed by atoms with E-state index >= 15 is 0 Å². The molecule has 2 aromatic carbocycles. The molecule has 29 heavy (non-hydrogen) atoms. The van der Waals surface area contributed by atoms with Gasteiger partial charge in [0.05, 0.1) is 11.6 Å². The summed E-state index contributed by atoms with van der Waals surface area (Å²) in [5.74, 6) is -0.796. The van der Waals surface area contributed by atoms with Gasteiger partial charge in [0.15, 0.2) is 0 Å². The molecular formula is C21H26ClFN4O2. The number of nitrogens with two attached hydrogens (primary N) is 1. The summed E-state index contributed by atoms with van der Waals surface area (Å²) in [6, 6.07) is 13.2. The van der Waals surface area contributed by atoms with Crippen molar-refractivity contribution in [1.29, 1.82) is 0 Å². The highest BCUT2D eigenvalue weighted by Gasteiger charge is 2.28. The normalized spacial score (nSPS) is 15.9. The highest BCUT2D eigenvalue weighted by molar-refractivity contribution is 5.90. The fraction of sp³-hybridized carbons (Fsp3) is 0.333. The van der Waals surface area contributed by atoms with Crippen LogP contribution in [0, 0.1) is 11.7 Å². The van der Waals surface area contributed by atoms with Crippen molar-refractivity contribution in [2.45, 2.75) is 19.3 Å². The van der Waals surface area contributed by atoms with Gasteiger partial charge >= 0.3 is 6.03 Å². The Kier molecular flexibility index (Phi) is 8.27. The molecule has 0 saturated carbocycles. The van der Waals surface area contributed by atoms with Crippen LogP contribution in [0.1, 0.15) is 18.4 Å². The molecule has 0 aromatic heterocycles. The van der Waals surface area contributed by atoms with Crippen LogP contribution < -0.4 is 16.4 Å². The Hall–Kier alpha value is -2.80. The molecule has 156 valence electrons. The first-order valence-electron chi connectivity index (χ1n) is 9.45. The molecule has 0 radical (unpaired) electrons. The average Bonchev–Trinajstić information content (AvgIpc) is 2.71. The minimum Gasteiger partial charge on any atom is -0.399 e. The second-order valence-corrected chi connectivity index (χ2v) is 6.98. The quantitative estimate of drug-likeness (QED) is 0.647. The van der Waals surface area contributed by atoms with Crippen LogP contribution in [0.2, 0.25) is 0 Å². The third-order valence-electron chi connectivity index (χ3n) is 4.89. The molecule has 3 amide bonds. The van der Waals surface area contributed by atoms with Crippen molar-refractivity contribution in [2.75, 3.05) is 30.7 Å². The maximum atomic E-state index is 13.7. The first-order chi connectivity index (χ1) is 13.5. The summed E-state index contributed by atoms with van der Waals surface area (Å²) in [7, 11) is 0. The molecule has 1 saturated heterocycles. The average molecular weight is 421 g/mol. The largest absolute Gasteiger partial charge is 0.399 e. The number of halogens is 2. The molecule has 1 unspecified atom stereocenters. The van der Waals surface area contributed by atoms with Crippen molar-refractivity contribution in [1.82, 2.24) is 10.2 Å². The van der Waals surface area contributed by atoms with E-state index in [1.165, 1.54) is 12.1 Å². The van der Waals surface area contributed by atoms with Crippen LogP contribution in [0.15, 0.2) is 48.5 Å². The Bertz CT molecular complexity index is 832. The number of hydrogen-bond donors (Lipinski definition) is 3. The van der Waals surface area contributed by atoms with Crippen LogP contribution in [0.4, 0.5) is 20.6 Å². The molecule has 6 nitrogen and oxygen atoms in total. The number of urea groups is 1. The molecule has 1 fully saturated rings. The number of amides is 3. The number of piperidine rings is 1. The monoisotopic (exact) mass is 420 g/mol. The number of para-hydroxylation sites is 1. The Morgan fingerprint density at radius 3 is 2.59 bits per heavy atom. The van der Waals surface area contributed by atoms with Gasteiger partial charge in [-0.3, -0.25) is 4.79 Å². The summed E-state index contributed by atoms with van der Waals surface area (Å²) in [6.45, 7) is 1.41. The number of carbonyl (C=O) groups is 2. The number of nitrogen functional groups attached to an aromatic ring is 1. The SMILES string of the molecule is Cl.Nc1ccc(CCNC(=O)C2CCCN(C(=O)Nc3ccccc3F)C2)cc1. The van der Waals surface area contributed by atoms with Gasteiger partial charge in [-0.25, -0.2) is 9.18 Å². The van der Waals surface area contributed by atoms with E-state index in [2.05, 4.69) is 10.6 Å². The second-order valence-electron chi connectivity index (χ2n) is 6.98. The molecule has 1 aliphatic rings. The van der Waals surface area contributed by atoms with Crippen molar-refractivity contribution in [2.24, 2.45) is 5.92 Å². The molecule has 1 aliphatic heterocycles. The molecular weight excluding hydrogens is 395 g/mol. The maximum absolute atomic E-state index is 13.7. The van der Waals surface area contributed by atoms with E-state index in [-0.39, 0.29) is 36.0 Å². The second kappa shape index (κ2) is 10.7. The van der Waals surface area contributed by atoms with E-state index in [0.717, 1.165) is 24.8 Å². The van der Waals surface area contributed by atoms with Crippen LogP contribution in [0.5, 0.6) is 0 Å². The highest BCUT2D eigenvalue weighted by Crippen LogP contribution is 2.19. The van der Waals surface area contributed by atoms with E-state index < -0.39 is 5.82 Å². The van der Waals surface area contributed by atoms with Gasteiger partial charge < -0.3 is 21.3 Å². The Morgan fingerprint density at radius 2 is 1.86 bits per heavy atom. The molecule has 0 aliphatic carbocycles. The summed E-state index contributed by atoms with van der Waals surface area (Å²) in [5.41, 5.74) is 7.62. The fourth-order valence-corrected chi connectivity index (χ4v) is 3.29. The summed E-state index contributed by atoms with van der Waals surface area (Å²) < 4.78 is 13.7. The van der Waals surface area contributed by atoms with Crippen molar-refractivity contribution < 1.29 is 14.0 Å². The zero-order valence-electron chi connectivity index (χ0n) is 16.1. The van der Waals surface area contributed by atoms with Gasteiger partial charge in [0.25, 0.3) is 0 Å². The summed E-state index contributed by atoms with van der Waals surface area (Å²) in [6.07, 6.45) is 2.19. The number of hydrogen-bond acceptors (Lipinski definition) is 3. The van der Waals surface area contributed by atoms with Gasteiger partial charge in [0.2, 0.25) is 5.91 Å². The van der Waals surface area contributed by atoms with E-state index in [1.54, 1.807) is 17.0 Å². The van der Waals surface area contributed by atoms with Gasteiger partial charge in [-0.15, -0.1) is 12.4 Å². The third-order valence-corrected chi connectivity index (χ3v) is 4.89. The maximum Gasteiger partial charge on any atom is 0.321 e. The standard InChI is InChI=1S/C21H25FN4O2.ClH/c22-18-5-1-2-6-19(18)25-21(28)26-13-3-4-16(14-26)20(27)24-12-11-15-7-9-17(23)10-8-15;/h1-2,5-10,16H,3-4,11-14,23H2,(H,24,27)(H,25,28);1H. The number of anilines is 2. The lowest BCUT2D eigenvalue weighted by atomic mass is 9.97. The smallest absolute Gasteiger partial charge is 0.321 e. The Morgan fingerprint density at radius 1 is 1.14 bits per heavy atom. The molecule has 0 bridgehead atoms. The number of carbonyl (C=O) groups excluding carboxylic acids is 2. The van der Waals surface area contributed by atoms with Crippen LogP contribution in [-0.2, 0) is 11.2 Å². The minimum atomic E-state index is -0.482. The zero-order chi connectivity index (χ0) is 19.9. The van der Waals surface area contributed by atoms with Crippen LogP contribution in [-0.4, -0.2) is 36.5 Å². The topological polar surface area (TPSA) is 87.5 Å².